The second kappa shape index (κ2) is 3.69. The summed E-state index contributed by atoms with van der Waals surface area (Å²) in [6, 6.07) is 4.21. The van der Waals surface area contributed by atoms with Gasteiger partial charge in [-0.3, -0.25) is 0 Å². The fourth-order valence-corrected chi connectivity index (χ4v) is 0.699. The maximum Gasteiger partial charge on any atom is 0.382 e. The number of benzene rings is 1. The Balaban J connectivity index is 2.71. The highest BCUT2D eigenvalue weighted by Gasteiger charge is 2.34. The highest BCUT2D eigenvalue weighted by Crippen LogP contribution is 2.18. The Kier molecular flexibility index (Phi) is 2.78. The minimum Gasteiger partial charge on any atom is -0.422 e. The van der Waals surface area contributed by atoms with Crippen LogP contribution in [0.15, 0.2) is 24.3 Å². The first-order valence-electron chi connectivity index (χ1n) is 3.75. The lowest BCUT2D eigenvalue weighted by Crippen LogP contribution is -2.29. The third-order valence-corrected chi connectivity index (χ3v) is 1.38. The van der Waals surface area contributed by atoms with E-state index in [1.807, 2.05) is 0 Å². The molecular formula is C9H7F3O2. The highest BCUT2D eigenvalue weighted by molar-refractivity contribution is 5.79. The molecule has 5 heteroatoms. The van der Waals surface area contributed by atoms with Crippen molar-refractivity contribution in [3.05, 3.63) is 30.1 Å². The molecular weight excluding hydrogens is 197 g/mol. The van der Waals surface area contributed by atoms with E-state index < -0.39 is 17.7 Å². The number of hydrogen-bond acceptors (Lipinski definition) is 2. The summed E-state index contributed by atoms with van der Waals surface area (Å²) in [4.78, 5) is 10.7. The number of hydrogen-bond donors (Lipinski definition) is 0. The molecule has 0 bridgehead atoms. The van der Waals surface area contributed by atoms with Crippen LogP contribution in [0.2, 0.25) is 0 Å². The number of rotatable bonds is 2. The monoisotopic (exact) mass is 204 g/mol. The first-order valence-corrected chi connectivity index (χ1v) is 3.75. The number of alkyl halides is 2. The summed E-state index contributed by atoms with van der Waals surface area (Å²) in [6.45, 7) is 0.429. The van der Waals surface area contributed by atoms with E-state index in [1.54, 1.807) is 0 Å². The van der Waals surface area contributed by atoms with Gasteiger partial charge in [0.05, 0.1) is 0 Å². The highest BCUT2D eigenvalue weighted by atomic mass is 19.3. The van der Waals surface area contributed by atoms with Gasteiger partial charge in [0, 0.05) is 6.92 Å². The largest absolute Gasteiger partial charge is 0.422 e. The van der Waals surface area contributed by atoms with Crippen molar-refractivity contribution in [3.8, 4) is 5.75 Å². The van der Waals surface area contributed by atoms with Gasteiger partial charge in [0.15, 0.2) is 0 Å². The Labute approximate surface area is 78.3 Å². The van der Waals surface area contributed by atoms with Gasteiger partial charge >= 0.3 is 11.9 Å². The minimum atomic E-state index is -3.55. The lowest BCUT2D eigenvalue weighted by atomic mass is 10.3. The predicted molar refractivity (Wildman–Crippen MR) is 42.7 cm³/mol. The van der Waals surface area contributed by atoms with Crippen LogP contribution in [0, 0.1) is 5.82 Å². The number of carbonyl (C=O) groups excluding carboxylic acids is 1. The quantitative estimate of drug-likeness (QED) is 0.546. The van der Waals surface area contributed by atoms with Gasteiger partial charge in [-0.05, 0) is 24.3 Å². The van der Waals surface area contributed by atoms with Crippen LogP contribution in [-0.4, -0.2) is 11.9 Å². The molecule has 2 nitrogen and oxygen atoms in total. The van der Waals surface area contributed by atoms with Crippen molar-refractivity contribution < 1.29 is 22.7 Å². The molecule has 0 amide bonds. The summed E-state index contributed by atoms with van der Waals surface area (Å²) >= 11 is 0. The maximum absolute atomic E-state index is 12.4. The van der Waals surface area contributed by atoms with Gasteiger partial charge in [-0.1, -0.05) is 0 Å². The van der Waals surface area contributed by atoms with Crippen LogP contribution in [-0.2, 0) is 4.79 Å². The fourth-order valence-electron chi connectivity index (χ4n) is 0.699. The average molecular weight is 204 g/mol. The predicted octanol–water partition coefficient (Wildman–Crippen LogP) is 2.39. The maximum atomic E-state index is 12.4. The van der Waals surface area contributed by atoms with E-state index in [-0.39, 0.29) is 5.75 Å². The summed E-state index contributed by atoms with van der Waals surface area (Å²) in [5.74, 6) is -5.86. The van der Waals surface area contributed by atoms with Gasteiger partial charge in [-0.2, -0.15) is 8.78 Å². The molecule has 0 N–H and O–H groups in total. The molecule has 0 unspecified atom stereocenters. The van der Waals surface area contributed by atoms with Crippen LogP contribution in [0.4, 0.5) is 13.2 Å². The van der Waals surface area contributed by atoms with Gasteiger partial charge in [0.25, 0.3) is 0 Å². The number of carbonyl (C=O) groups is 1. The summed E-state index contributed by atoms with van der Waals surface area (Å²) in [6.07, 6.45) is 0. The van der Waals surface area contributed by atoms with E-state index in [0.29, 0.717) is 6.92 Å². The van der Waals surface area contributed by atoms with Gasteiger partial charge < -0.3 is 4.74 Å². The summed E-state index contributed by atoms with van der Waals surface area (Å²) in [5.41, 5.74) is 0. The fraction of sp³-hybridized carbons (Fsp3) is 0.222. The van der Waals surface area contributed by atoms with Crippen molar-refractivity contribution in [2.24, 2.45) is 0 Å². The molecule has 0 saturated carbocycles. The molecule has 76 valence electrons. The average Bonchev–Trinajstić information content (AvgIpc) is 2.07. The zero-order valence-corrected chi connectivity index (χ0v) is 7.26. The first kappa shape index (κ1) is 10.6. The number of halogens is 3. The van der Waals surface area contributed by atoms with Crippen molar-refractivity contribution in [1.82, 2.24) is 0 Å². The van der Waals surface area contributed by atoms with Crippen molar-refractivity contribution >= 4 is 5.97 Å². The minimum absolute atomic E-state index is 0.113. The Hall–Kier alpha value is -1.52. The van der Waals surface area contributed by atoms with Crippen LogP contribution in [0.1, 0.15) is 6.92 Å². The molecule has 0 saturated heterocycles. The molecule has 1 aromatic rings. The lowest BCUT2D eigenvalue weighted by Gasteiger charge is -2.09. The zero-order chi connectivity index (χ0) is 10.8. The zero-order valence-electron chi connectivity index (χ0n) is 7.26. The molecule has 14 heavy (non-hydrogen) atoms. The Morgan fingerprint density at radius 1 is 1.29 bits per heavy atom. The normalized spacial score (nSPS) is 11.1. The van der Waals surface area contributed by atoms with Gasteiger partial charge in [0.2, 0.25) is 0 Å². The van der Waals surface area contributed by atoms with Gasteiger partial charge in [-0.25, -0.2) is 9.18 Å². The van der Waals surface area contributed by atoms with Crippen molar-refractivity contribution in [2.45, 2.75) is 12.8 Å². The standard InChI is InChI=1S/C9H7F3O2/c1-9(11,12)8(13)14-7-4-2-6(10)3-5-7/h2-5H,1H3. The third kappa shape index (κ3) is 2.76. The molecule has 0 aliphatic rings. The Morgan fingerprint density at radius 3 is 2.21 bits per heavy atom. The van der Waals surface area contributed by atoms with Crippen molar-refractivity contribution in [3.63, 3.8) is 0 Å². The Bertz CT molecular complexity index is 327. The van der Waals surface area contributed by atoms with Crippen LogP contribution >= 0.6 is 0 Å². The molecule has 1 rings (SSSR count). The molecule has 0 spiro atoms. The second-order valence-corrected chi connectivity index (χ2v) is 2.73. The molecule has 0 aliphatic carbocycles. The molecule has 1 aromatic carbocycles. The summed E-state index contributed by atoms with van der Waals surface area (Å²) in [5, 5.41) is 0. The van der Waals surface area contributed by atoms with E-state index in [4.69, 9.17) is 0 Å². The van der Waals surface area contributed by atoms with E-state index >= 15 is 0 Å². The van der Waals surface area contributed by atoms with Gasteiger partial charge in [0.1, 0.15) is 11.6 Å². The molecule has 0 atom stereocenters. The van der Waals surface area contributed by atoms with Crippen LogP contribution in [0.3, 0.4) is 0 Å². The van der Waals surface area contributed by atoms with Crippen LogP contribution < -0.4 is 4.74 Å². The number of esters is 1. The van der Waals surface area contributed by atoms with Crippen LogP contribution in [0.25, 0.3) is 0 Å². The van der Waals surface area contributed by atoms with Crippen LogP contribution in [0.5, 0.6) is 5.75 Å². The van der Waals surface area contributed by atoms with E-state index in [2.05, 4.69) is 4.74 Å². The summed E-state index contributed by atoms with van der Waals surface area (Å²) < 4.78 is 41.3. The van der Waals surface area contributed by atoms with Crippen molar-refractivity contribution in [1.29, 1.82) is 0 Å². The third-order valence-electron chi connectivity index (χ3n) is 1.38. The SMILES string of the molecule is CC(F)(F)C(=O)Oc1ccc(F)cc1. The Morgan fingerprint density at radius 2 is 1.79 bits per heavy atom. The molecule has 0 aliphatic heterocycles. The summed E-state index contributed by atoms with van der Waals surface area (Å²) in [7, 11) is 0. The topological polar surface area (TPSA) is 26.3 Å². The van der Waals surface area contributed by atoms with Crippen molar-refractivity contribution in [2.75, 3.05) is 0 Å². The lowest BCUT2D eigenvalue weighted by molar-refractivity contribution is -0.158. The smallest absolute Gasteiger partial charge is 0.382 e. The molecule has 0 fully saturated rings. The molecule has 0 heterocycles. The van der Waals surface area contributed by atoms with Gasteiger partial charge in [-0.15, -0.1) is 0 Å². The molecule has 0 aromatic heterocycles. The number of ether oxygens (including phenoxy) is 1. The first-order chi connectivity index (χ1) is 6.39. The second-order valence-electron chi connectivity index (χ2n) is 2.73. The van der Waals surface area contributed by atoms with E-state index in [0.717, 1.165) is 24.3 Å². The molecule has 0 radical (unpaired) electrons. The van der Waals surface area contributed by atoms with E-state index in [9.17, 15) is 18.0 Å². The van der Waals surface area contributed by atoms with E-state index in [1.165, 1.54) is 0 Å².